The fraction of sp³-hybridized carbons (Fsp3) is 0. The fourth-order valence-electron chi connectivity index (χ4n) is 7.29. The maximum Gasteiger partial charge on any atom is 0.133 e. The van der Waals surface area contributed by atoms with Gasteiger partial charge in [-0.3, -0.25) is 0 Å². The standard InChI is InChI=1S/C46H37PSi2/c1-5-21-36(22-6-1)47(37-23-7-2-8-24-37)42-31-17-19-35-20-18-33-44(46(35)42)48-43-32-15-13-29-40(43)41-30-14-16-34-45(41)49(38-25-9-3-10-26-38)39-27-11-4-12-28-39/h1-34,49H,48H2. The summed E-state index contributed by atoms with van der Waals surface area (Å²) in [7, 11) is -3.34. The van der Waals surface area contributed by atoms with Gasteiger partial charge in [0, 0.05) is 0 Å². The van der Waals surface area contributed by atoms with Gasteiger partial charge in [0.05, 0.1) is 9.52 Å². The highest BCUT2D eigenvalue weighted by atomic mass is 31.1. The molecule has 0 aromatic heterocycles. The molecule has 8 aromatic rings. The average Bonchev–Trinajstić information content (AvgIpc) is 3.17. The van der Waals surface area contributed by atoms with Crippen molar-refractivity contribution in [2.45, 2.75) is 0 Å². The highest BCUT2D eigenvalue weighted by Gasteiger charge is 2.24. The van der Waals surface area contributed by atoms with Gasteiger partial charge < -0.3 is 0 Å². The Balaban J connectivity index is 1.28. The fourth-order valence-corrected chi connectivity index (χ4v) is 15.1. The van der Waals surface area contributed by atoms with Crippen molar-refractivity contribution in [1.29, 1.82) is 0 Å². The van der Waals surface area contributed by atoms with Crippen LogP contribution in [0.1, 0.15) is 0 Å². The van der Waals surface area contributed by atoms with Crippen molar-refractivity contribution in [1.82, 2.24) is 0 Å². The third kappa shape index (κ3) is 6.52. The first-order valence-electron chi connectivity index (χ1n) is 17.0. The molecule has 0 bridgehead atoms. The van der Waals surface area contributed by atoms with Crippen molar-refractivity contribution in [3.05, 3.63) is 206 Å². The summed E-state index contributed by atoms with van der Waals surface area (Å²) < 4.78 is 0. The predicted octanol–water partition coefficient (Wildman–Crippen LogP) is 5.63. The highest BCUT2D eigenvalue weighted by Crippen LogP contribution is 2.35. The van der Waals surface area contributed by atoms with Crippen LogP contribution in [0.3, 0.4) is 0 Å². The van der Waals surface area contributed by atoms with Gasteiger partial charge >= 0.3 is 0 Å². The summed E-state index contributed by atoms with van der Waals surface area (Å²) in [6, 6.07) is 77.0. The van der Waals surface area contributed by atoms with Crippen LogP contribution in [0, 0.1) is 0 Å². The van der Waals surface area contributed by atoms with Crippen LogP contribution in [0.15, 0.2) is 206 Å². The van der Waals surface area contributed by atoms with E-state index in [1.165, 1.54) is 63.7 Å². The number of hydrogen-bond donors (Lipinski definition) is 0. The van der Waals surface area contributed by atoms with E-state index >= 15 is 0 Å². The van der Waals surface area contributed by atoms with Crippen LogP contribution in [0.2, 0.25) is 0 Å². The first-order valence-corrected chi connectivity index (χ1v) is 21.5. The lowest BCUT2D eigenvalue weighted by molar-refractivity contribution is 1.66. The Morgan fingerprint density at radius 2 is 0.837 bits per heavy atom. The van der Waals surface area contributed by atoms with Crippen LogP contribution < -0.4 is 41.8 Å². The molecule has 0 amide bonds. The van der Waals surface area contributed by atoms with Crippen molar-refractivity contribution >= 4 is 78.9 Å². The van der Waals surface area contributed by atoms with Crippen LogP contribution in [-0.2, 0) is 0 Å². The summed E-state index contributed by atoms with van der Waals surface area (Å²) in [6.07, 6.45) is 0. The summed E-state index contributed by atoms with van der Waals surface area (Å²) in [5.41, 5.74) is 2.77. The minimum absolute atomic E-state index is 0.726. The molecule has 0 unspecified atom stereocenters. The number of benzene rings is 8. The second-order valence-electron chi connectivity index (χ2n) is 12.5. The van der Waals surface area contributed by atoms with Crippen molar-refractivity contribution in [3.63, 3.8) is 0 Å². The molecule has 0 atom stereocenters. The van der Waals surface area contributed by atoms with E-state index in [2.05, 4.69) is 206 Å². The van der Waals surface area contributed by atoms with Crippen LogP contribution in [0.25, 0.3) is 21.9 Å². The second kappa shape index (κ2) is 14.6. The predicted molar refractivity (Wildman–Crippen MR) is 221 cm³/mol. The largest absolute Gasteiger partial charge is 0.133 e. The lowest BCUT2D eigenvalue weighted by Crippen LogP contribution is -2.52. The maximum absolute atomic E-state index is 2.41. The van der Waals surface area contributed by atoms with Gasteiger partial charge in [0.15, 0.2) is 0 Å². The summed E-state index contributed by atoms with van der Waals surface area (Å²) in [6.45, 7) is 0. The molecule has 0 aliphatic rings. The van der Waals surface area contributed by atoms with E-state index < -0.39 is 26.2 Å². The topological polar surface area (TPSA) is 0 Å². The van der Waals surface area contributed by atoms with Gasteiger partial charge in [-0.05, 0) is 50.9 Å². The zero-order valence-corrected chi connectivity index (χ0v) is 30.8. The zero-order chi connectivity index (χ0) is 32.8. The Hall–Kier alpha value is -5.12. The van der Waals surface area contributed by atoms with E-state index in [1.54, 1.807) is 0 Å². The van der Waals surface area contributed by atoms with E-state index in [1.807, 2.05) is 0 Å². The van der Waals surface area contributed by atoms with E-state index in [4.69, 9.17) is 0 Å². The van der Waals surface area contributed by atoms with Crippen LogP contribution >= 0.6 is 7.92 Å². The molecule has 0 aliphatic carbocycles. The molecule has 0 saturated heterocycles. The molecule has 0 heterocycles. The molecule has 0 fully saturated rings. The molecule has 8 aromatic carbocycles. The first kappa shape index (κ1) is 31.2. The van der Waals surface area contributed by atoms with Crippen molar-refractivity contribution in [3.8, 4) is 11.1 Å². The van der Waals surface area contributed by atoms with Crippen molar-refractivity contribution < 1.29 is 0 Å². The van der Waals surface area contributed by atoms with Crippen molar-refractivity contribution in [2.75, 3.05) is 0 Å². The van der Waals surface area contributed by atoms with Gasteiger partial charge in [0.2, 0.25) is 0 Å². The minimum Gasteiger partial charge on any atom is -0.0627 e. The van der Waals surface area contributed by atoms with E-state index in [-0.39, 0.29) is 0 Å². The SMILES string of the molecule is c1ccc([SiH](c2ccccc2)c2ccccc2-c2ccccc2[SiH2]c2cccc3cccc(P(c4ccccc4)c4ccccc4)c23)cc1. The molecule has 0 nitrogen and oxygen atoms in total. The molecular formula is C46H37PSi2. The number of hydrogen-bond acceptors (Lipinski definition) is 0. The van der Waals surface area contributed by atoms with E-state index in [0.717, 1.165) is 0 Å². The van der Waals surface area contributed by atoms with E-state index in [0.29, 0.717) is 0 Å². The van der Waals surface area contributed by atoms with Gasteiger partial charge in [-0.1, -0.05) is 227 Å². The van der Waals surface area contributed by atoms with Gasteiger partial charge in [-0.25, -0.2) is 0 Å². The lowest BCUT2D eigenvalue weighted by Gasteiger charge is -2.23. The molecular weight excluding hydrogens is 640 g/mol. The Labute approximate surface area is 295 Å². The molecule has 3 heteroatoms. The molecule has 0 aliphatic heterocycles. The smallest absolute Gasteiger partial charge is 0.0627 e. The monoisotopic (exact) mass is 676 g/mol. The third-order valence-corrected chi connectivity index (χ3v) is 17.1. The Kier molecular flexibility index (Phi) is 9.26. The van der Waals surface area contributed by atoms with Crippen LogP contribution in [0.5, 0.6) is 0 Å². The molecule has 234 valence electrons. The summed E-state index contributed by atoms with van der Waals surface area (Å²) in [5.74, 6) is 0. The van der Waals surface area contributed by atoms with Gasteiger partial charge in [-0.2, -0.15) is 0 Å². The number of fused-ring (bicyclic) bond motifs is 1. The molecule has 0 radical (unpaired) electrons. The Morgan fingerprint density at radius 1 is 0.367 bits per heavy atom. The molecule has 0 N–H and O–H groups in total. The molecule has 49 heavy (non-hydrogen) atoms. The summed E-state index contributed by atoms with van der Waals surface area (Å²) >= 11 is 0. The Bertz CT molecular complexity index is 2220. The van der Waals surface area contributed by atoms with E-state index in [9.17, 15) is 0 Å². The van der Waals surface area contributed by atoms with Gasteiger partial charge in [0.25, 0.3) is 0 Å². The van der Waals surface area contributed by atoms with Gasteiger partial charge in [-0.15, -0.1) is 0 Å². The first-order chi connectivity index (χ1) is 24.3. The van der Waals surface area contributed by atoms with Crippen LogP contribution in [0.4, 0.5) is 0 Å². The van der Waals surface area contributed by atoms with Crippen molar-refractivity contribution in [2.24, 2.45) is 0 Å². The summed E-state index contributed by atoms with van der Waals surface area (Å²) in [4.78, 5) is 0. The second-order valence-corrected chi connectivity index (χ2v) is 19.4. The molecule has 0 saturated carbocycles. The third-order valence-electron chi connectivity index (χ3n) is 9.46. The highest BCUT2D eigenvalue weighted by molar-refractivity contribution is 7.80. The maximum atomic E-state index is 2.41. The molecule has 8 rings (SSSR count). The zero-order valence-electron chi connectivity index (χ0n) is 27.4. The normalized spacial score (nSPS) is 11.6. The lowest BCUT2D eigenvalue weighted by atomic mass is 10.1. The Morgan fingerprint density at radius 3 is 1.45 bits per heavy atom. The summed E-state index contributed by atoms with van der Waals surface area (Å²) in [5, 5.41) is 14.4. The molecule has 0 spiro atoms. The number of rotatable bonds is 9. The quantitative estimate of drug-likeness (QED) is 0.106. The average molecular weight is 677 g/mol. The minimum atomic E-state index is -1.74. The van der Waals surface area contributed by atoms with Crippen LogP contribution in [-0.4, -0.2) is 18.3 Å². The van der Waals surface area contributed by atoms with Gasteiger partial charge in [0.1, 0.15) is 8.80 Å².